The summed E-state index contributed by atoms with van der Waals surface area (Å²) >= 11 is 7.32. The highest BCUT2D eigenvalue weighted by Gasteiger charge is 2.22. The van der Waals surface area contributed by atoms with Crippen LogP contribution in [0.1, 0.15) is 10.4 Å². The second-order valence-electron chi connectivity index (χ2n) is 5.23. The van der Waals surface area contributed by atoms with Crippen LogP contribution in [0.4, 0.5) is 0 Å². The molecule has 122 valence electrons. The molecular weight excluding hydrogens is 348 g/mol. The highest BCUT2D eigenvalue weighted by molar-refractivity contribution is 7.98. The second kappa shape index (κ2) is 6.03. The van der Waals surface area contributed by atoms with E-state index in [1.165, 1.54) is 11.8 Å². The molecule has 0 spiro atoms. The minimum Gasteiger partial charge on any atom is -0.486 e. The standard InChI is InChI=1S/C17H13ClN2O3S/c1-24-17-19-12-8-14-15(23-7-6-22-14)9-13(12)20(17)16(21)10-2-4-11(18)5-3-10/h2-5,8-9H,6-7H2,1H3. The zero-order chi connectivity index (χ0) is 16.7. The molecule has 0 saturated heterocycles. The van der Waals surface area contributed by atoms with Crippen molar-refractivity contribution in [2.24, 2.45) is 0 Å². The summed E-state index contributed by atoms with van der Waals surface area (Å²) in [5, 5.41) is 1.21. The normalized spacial score (nSPS) is 13.2. The van der Waals surface area contributed by atoms with Gasteiger partial charge in [0.2, 0.25) is 0 Å². The summed E-state index contributed by atoms with van der Waals surface area (Å²) in [5.74, 6) is 1.13. The molecule has 0 aliphatic carbocycles. The van der Waals surface area contributed by atoms with Crippen molar-refractivity contribution >= 4 is 40.3 Å². The average Bonchev–Trinajstić information content (AvgIpc) is 2.97. The van der Waals surface area contributed by atoms with Gasteiger partial charge in [-0.15, -0.1) is 0 Å². The molecule has 2 aromatic carbocycles. The topological polar surface area (TPSA) is 53.4 Å². The summed E-state index contributed by atoms with van der Waals surface area (Å²) in [5.41, 5.74) is 1.94. The van der Waals surface area contributed by atoms with Crippen LogP contribution < -0.4 is 9.47 Å². The number of imidazole rings is 1. The van der Waals surface area contributed by atoms with Crippen LogP contribution in [-0.2, 0) is 0 Å². The number of nitrogens with zero attached hydrogens (tertiary/aromatic N) is 2. The van der Waals surface area contributed by atoms with E-state index in [0.717, 1.165) is 0 Å². The maximum atomic E-state index is 13.0. The van der Waals surface area contributed by atoms with E-state index in [0.29, 0.717) is 51.5 Å². The van der Waals surface area contributed by atoms with Gasteiger partial charge in [0.05, 0.1) is 11.0 Å². The van der Waals surface area contributed by atoms with Crippen LogP contribution >= 0.6 is 23.4 Å². The number of thioether (sulfide) groups is 1. The summed E-state index contributed by atoms with van der Waals surface area (Å²) in [6.07, 6.45) is 1.89. The van der Waals surface area contributed by atoms with Gasteiger partial charge in [0.15, 0.2) is 16.7 Å². The van der Waals surface area contributed by atoms with E-state index < -0.39 is 0 Å². The fraction of sp³-hybridized carbons (Fsp3) is 0.176. The molecule has 0 bridgehead atoms. The Morgan fingerprint density at radius 3 is 2.50 bits per heavy atom. The lowest BCUT2D eigenvalue weighted by atomic mass is 10.2. The van der Waals surface area contributed by atoms with Gasteiger partial charge in [-0.25, -0.2) is 4.98 Å². The van der Waals surface area contributed by atoms with Crippen molar-refractivity contribution in [2.75, 3.05) is 19.5 Å². The molecule has 0 amide bonds. The predicted molar refractivity (Wildman–Crippen MR) is 93.7 cm³/mol. The monoisotopic (exact) mass is 360 g/mol. The number of carbonyl (C=O) groups excluding carboxylic acids is 1. The molecule has 1 aliphatic heterocycles. The van der Waals surface area contributed by atoms with Crippen LogP contribution in [0.2, 0.25) is 5.02 Å². The van der Waals surface area contributed by atoms with Crippen molar-refractivity contribution in [1.29, 1.82) is 0 Å². The van der Waals surface area contributed by atoms with E-state index in [2.05, 4.69) is 4.98 Å². The molecule has 0 unspecified atom stereocenters. The Labute approximate surface area is 147 Å². The Morgan fingerprint density at radius 1 is 1.17 bits per heavy atom. The van der Waals surface area contributed by atoms with E-state index in [-0.39, 0.29) is 5.91 Å². The summed E-state index contributed by atoms with van der Waals surface area (Å²) in [7, 11) is 0. The lowest BCUT2D eigenvalue weighted by molar-refractivity contribution is 0.0955. The molecule has 0 N–H and O–H groups in total. The predicted octanol–water partition coefficient (Wildman–Crippen LogP) is 3.87. The number of fused-ring (bicyclic) bond motifs is 2. The molecule has 0 fully saturated rings. The van der Waals surface area contributed by atoms with Gasteiger partial charge in [-0.05, 0) is 30.5 Å². The van der Waals surface area contributed by atoms with Crippen LogP contribution in [0.15, 0.2) is 41.6 Å². The van der Waals surface area contributed by atoms with Gasteiger partial charge in [-0.1, -0.05) is 23.4 Å². The Bertz CT molecular complexity index is 937. The molecule has 7 heteroatoms. The lowest BCUT2D eigenvalue weighted by Gasteiger charge is -2.18. The van der Waals surface area contributed by atoms with E-state index in [9.17, 15) is 4.79 Å². The number of aromatic nitrogens is 2. The van der Waals surface area contributed by atoms with Crippen molar-refractivity contribution < 1.29 is 14.3 Å². The quantitative estimate of drug-likeness (QED) is 0.649. The van der Waals surface area contributed by atoms with Gasteiger partial charge >= 0.3 is 0 Å². The van der Waals surface area contributed by atoms with Gasteiger partial charge in [-0.3, -0.25) is 9.36 Å². The Hall–Kier alpha value is -2.18. The van der Waals surface area contributed by atoms with Crippen LogP contribution in [-0.4, -0.2) is 34.9 Å². The summed E-state index contributed by atoms with van der Waals surface area (Å²) in [6, 6.07) is 10.4. The minimum absolute atomic E-state index is 0.157. The number of carbonyl (C=O) groups is 1. The third-order valence-corrected chi connectivity index (χ3v) is 4.66. The van der Waals surface area contributed by atoms with Gasteiger partial charge in [0.25, 0.3) is 5.91 Å². The van der Waals surface area contributed by atoms with E-state index >= 15 is 0 Å². The third-order valence-electron chi connectivity index (χ3n) is 3.76. The fourth-order valence-corrected chi connectivity index (χ4v) is 3.33. The van der Waals surface area contributed by atoms with Gasteiger partial charge in [-0.2, -0.15) is 0 Å². The van der Waals surface area contributed by atoms with Crippen molar-refractivity contribution in [1.82, 2.24) is 9.55 Å². The smallest absolute Gasteiger partial charge is 0.264 e. The molecule has 1 aliphatic rings. The Kier molecular flexibility index (Phi) is 3.86. The number of halogens is 1. The van der Waals surface area contributed by atoms with Crippen molar-refractivity contribution in [3.05, 3.63) is 47.0 Å². The first-order valence-corrected chi connectivity index (χ1v) is 8.94. The molecule has 0 saturated carbocycles. The summed E-state index contributed by atoms with van der Waals surface area (Å²) in [4.78, 5) is 17.5. The zero-order valence-electron chi connectivity index (χ0n) is 12.8. The highest BCUT2D eigenvalue weighted by atomic mass is 35.5. The van der Waals surface area contributed by atoms with Gasteiger partial charge in [0, 0.05) is 22.7 Å². The third kappa shape index (κ3) is 2.52. The number of ether oxygens (including phenoxy) is 2. The second-order valence-corrected chi connectivity index (χ2v) is 6.44. The fourth-order valence-electron chi connectivity index (χ4n) is 2.65. The van der Waals surface area contributed by atoms with E-state index in [1.807, 2.05) is 18.4 Å². The molecule has 5 nitrogen and oxygen atoms in total. The molecular formula is C17H13ClN2O3S. The lowest BCUT2D eigenvalue weighted by Crippen LogP contribution is -2.16. The van der Waals surface area contributed by atoms with Crippen LogP contribution in [0, 0.1) is 0 Å². The van der Waals surface area contributed by atoms with E-state index in [1.54, 1.807) is 28.8 Å². The number of rotatable bonds is 2. The van der Waals surface area contributed by atoms with Crippen LogP contribution in [0.5, 0.6) is 11.5 Å². The molecule has 2 heterocycles. The van der Waals surface area contributed by atoms with Crippen molar-refractivity contribution in [2.45, 2.75) is 5.16 Å². The molecule has 4 rings (SSSR count). The Balaban J connectivity index is 1.89. The molecule has 0 atom stereocenters. The van der Waals surface area contributed by atoms with Gasteiger partial charge < -0.3 is 9.47 Å². The SMILES string of the molecule is CSc1nc2cc3c(cc2n1C(=O)c1ccc(Cl)cc1)OCCO3. The van der Waals surface area contributed by atoms with Crippen LogP contribution in [0.3, 0.4) is 0 Å². The molecule has 24 heavy (non-hydrogen) atoms. The van der Waals surface area contributed by atoms with E-state index in [4.69, 9.17) is 21.1 Å². The minimum atomic E-state index is -0.157. The Morgan fingerprint density at radius 2 is 1.83 bits per heavy atom. The number of hydrogen-bond acceptors (Lipinski definition) is 5. The average molecular weight is 361 g/mol. The molecule has 0 radical (unpaired) electrons. The number of benzene rings is 2. The highest BCUT2D eigenvalue weighted by Crippen LogP contribution is 2.36. The first-order valence-electron chi connectivity index (χ1n) is 7.34. The first kappa shape index (κ1) is 15.4. The van der Waals surface area contributed by atoms with Crippen molar-refractivity contribution in [3.8, 4) is 11.5 Å². The largest absolute Gasteiger partial charge is 0.486 e. The maximum absolute atomic E-state index is 13.0. The maximum Gasteiger partial charge on any atom is 0.264 e. The van der Waals surface area contributed by atoms with Crippen molar-refractivity contribution in [3.63, 3.8) is 0 Å². The van der Waals surface area contributed by atoms with Crippen LogP contribution in [0.25, 0.3) is 11.0 Å². The first-order chi connectivity index (χ1) is 11.7. The molecule has 3 aromatic rings. The summed E-state index contributed by atoms with van der Waals surface area (Å²) in [6.45, 7) is 1.01. The number of hydrogen-bond donors (Lipinski definition) is 0. The molecule has 1 aromatic heterocycles. The zero-order valence-corrected chi connectivity index (χ0v) is 14.4. The van der Waals surface area contributed by atoms with Gasteiger partial charge in [0.1, 0.15) is 13.2 Å². The summed E-state index contributed by atoms with van der Waals surface area (Å²) < 4.78 is 12.8.